The summed E-state index contributed by atoms with van der Waals surface area (Å²) in [5.74, 6) is 2.25. The quantitative estimate of drug-likeness (QED) is 0.605. The molecule has 6 heteroatoms. The molecule has 1 unspecified atom stereocenters. The summed E-state index contributed by atoms with van der Waals surface area (Å²) in [6.45, 7) is 9.33. The fourth-order valence-electron chi connectivity index (χ4n) is 3.43. The van der Waals surface area contributed by atoms with E-state index in [0.717, 1.165) is 36.2 Å². The van der Waals surface area contributed by atoms with Gasteiger partial charge in [-0.2, -0.15) is 0 Å². The van der Waals surface area contributed by atoms with Gasteiger partial charge < -0.3 is 20.0 Å². The number of aryl methyl sites for hydroxylation is 1. The summed E-state index contributed by atoms with van der Waals surface area (Å²) in [7, 11) is 1.79. The number of benzene rings is 1. The van der Waals surface area contributed by atoms with Crippen molar-refractivity contribution in [2.24, 2.45) is 10.9 Å². The van der Waals surface area contributed by atoms with Crippen LogP contribution in [0.15, 0.2) is 39.9 Å². The van der Waals surface area contributed by atoms with E-state index in [-0.39, 0.29) is 0 Å². The molecule has 1 fully saturated rings. The third-order valence-electron chi connectivity index (χ3n) is 4.97. The first-order valence-corrected chi connectivity index (χ1v) is 9.82. The van der Waals surface area contributed by atoms with Gasteiger partial charge in [0.15, 0.2) is 5.96 Å². The minimum absolute atomic E-state index is 0.579. The van der Waals surface area contributed by atoms with Gasteiger partial charge >= 0.3 is 0 Å². The minimum Gasteiger partial charge on any atom is -0.444 e. The summed E-state index contributed by atoms with van der Waals surface area (Å²) < 4.78 is 5.61. The van der Waals surface area contributed by atoms with Gasteiger partial charge in [-0.1, -0.05) is 24.6 Å². The van der Waals surface area contributed by atoms with Gasteiger partial charge in [-0.05, 0) is 44.4 Å². The monoisotopic (exact) mass is 369 g/mol. The van der Waals surface area contributed by atoms with E-state index in [1.165, 1.54) is 31.5 Å². The molecule has 6 nitrogen and oxygen atoms in total. The van der Waals surface area contributed by atoms with Crippen LogP contribution < -0.4 is 10.6 Å². The molecule has 27 heavy (non-hydrogen) atoms. The van der Waals surface area contributed by atoms with Crippen LogP contribution in [0.3, 0.4) is 0 Å². The van der Waals surface area contributed by atoms with Crippen molar-refractivity contribution in [3.63, 3.8) is 0 Å². The molecule has 1 atom stereocenters. The fourth-order valence-corrected chi connectivity index (χ4v) is 3.43. The summed E-state index contributed by atoms with van der Waals surface area (Å²) in [6.07, 6.45) is 4.36. The lowest BCUT2D eigenvalue weighted by atomic mass is 10.0. The van der Waals surface area contributed by atoms with E-state index in [9.17, 15) is 0 Å². The highest BCUT2D eigenvalue weighted by Crippen LogP contribution is 2.19. The Morgan fingerprint density at radius 2 is 2.11 bits per heavy atom. The van der Waals surface area contributed by atoms with E-state index in [1.807, 2.05) is 12.1 Å². The average Bonchev–Trinajstić information content (AvgIpc) is 3.14. The van der Waals surface area contributed by atoms with Gasteiger partial charge in [0.1, 0.15) is 6.26 Å². The van der Waals surface area contributed by atoms with Gasteiger partial charge in [0.2, 0.25) is 5.89 Å². The van der Waals surface area contributed by atoms with E-state index < -0.39 is 0 Å². The second-order valence-corrected chi connectivity index (χ2v) is 7.41. The first-order chi connectivity index (χ1) is 13.1. The number of rotatable bonds is 6. The zero-order valence-corrected chi connectivity index (χ0v) is 16.7. The molecule has 1 aromatic heterocycles. The number of nitrogens with zero attached hydrogens (tertiary/aromatic N) is 3. The Bertz CT molecular complexity index is 737. The molecule has 2 N–H and O–H groups in total. The van der Waals surface area contributed by atoms with E-state index >= 15 is 0 Å². The van der Waals surface area contributed by atoms with Crippen LogP contribution >= 0.6 is 0 Å². The second-order valence-electron chi connectivity index (χ2n) is 7.41. The van der Waals surface area contributed by atoms with Crippen molar-refractivity contribution < 1.29 is 4.42 Å². The molecular formula is C21H31N5O. The van der Waals surface area contributed by atoms with Crippen LogP contribution in [-0.4, -0.2) is 49.1 Å². The Hall–Kier alpha value is -2.34. The molecule has 2 aromatic rings. The standard InChI is InChI=1S/C21H31N5O/c1-16-6-8-18(9-7-16)20-25-19(15-27-20)13-24-21(22-3)23-10-12-26-11-4-5-17(2)14-26/h6-9,15,17H,4-5,10-14H2,1-3H3,(H2,22,23,24). The van der Waals surface area contributed by atoms with Crippen molar-refractivity contribution in [2.45, 2.75) is 33.2 Å². The largest absolute Gasteiger partial charge is 0.444 e. The van der Waals surface area contributed by atoms with Gasteiger partial charge in [0, 0.05) is 32.2 Å². The molecule has 0 saturated carbocycles. The number of piperidine rings is 1. The van der Waals surface area contributed by atoms with Crippen LogP contribution in [0.25, 0.3) is 11.5 Å². The molecular weight excluding hydrogens is 338 g/mol. The highest BCUT2D eigenvalue weighted by molar-refractivity contribution is 5.79. The first-order valence-electron chi connectivity index (χ1n) is 9.82. The Morgan fingerprint density at radius 1 is 1.30 bits per heavy atom. The molecule has 1 aliphatic rings. The summed E-state index contributed by atoms with van der Waals surface area (Å²) in [5, 5.41) is 6.69. The van der Waals surface area contributed by atoms with Gasteiger partial charge in [0.05, 0.1) is 12.2 Å². The molecule has 0 amide bonds. The zero-order valence-electron chi connectivity index (χ0n) is 16.7. The molecule has 2 heterocycles. The van der Waals surface area contributed by atoms with Crippen LogP contribution in [0.5, 0.6) is 0 Å². The SMILES string of the molecule is CN=C(NCCN1CCCC(C)C1)NCc1coc(-c2ccc(C)cc2)n1. The molecule has 146 valence electrons. The Kier molecular flexibility index (Phi) is 6.87. The molecule has 3 rings (SSSR count). The van der Waals surface area contributed by atoms with Crippen molar-refractivity contribution in [3.05, 3.63) is 41.8 Å². The number of likely N-dealkylation sites (tertiary alicyclic amines) is 1. The molecule has 0 radical (unpaired) electrons. The lowest BCUT2D eigenvalue weighted by Gasteiger charge is -2.30. The van der Waals surface area contributed by atoms with Gasteiger partial charge in [-0.15, -0.1) is 0 Å². The van der Waals surface area contributed by atoms with Crippen LogP contribution in [0.4, 0.5) is 0 Å². The maximum absolute atomic E-state index is 5.61. The van der Waals surface area contributed by atoms with E-state index in [2.05, 4.69) is 51.5 Å². The molecule has 0 bridgehead atoms. The number of hydrogen-bond donors (Lipinski definition) is 2. The Balaban J connectivity index is 1.43. The number of oxazole rings is 1. The highest BCUT2D eigenvalue weighted by Gasteiger charge is 2.15. The number of hydrogen-bond acceptors (Lipinski definition) is 4. The topological polar surface area (TPSA) is 65.7 Å². The highest BCUT2D eigenvalue weighted by atomic mass is 16.3. The van der Waals surface area contributed by atoms with E-state index in [4.69, 9.17) is 4.42 Å². The van der Waals surface area contributed by atoms with Gasteiger partial charge in [0.25, 0.3) is 0 Å². The predicted molar refractivity (Wildman–Crippen MR) is 110 cm³/mol. The second kappa shape index (κ2) is 9.55. The van der Waals surface area contributed by atoms with Crippen LogP contribution in [0, 0.1) is 12.8 Å². The number of nitrogens with one attached hydrogen (secondary N) is 2. The van der Waals surface area contributed by atoms with Crippen molar-refractivity contribution >= 4 is 5.96 Å². The molecule has 1 aliphatic heterocycles. The zero-order chi connectivity index (χ0) is 19.1. The lowest BCUT2D eigenvalue weighted by molar-refractivity contribution is 0.187. The van der Waals surface area contributed by atoms with Crippen molar-refractivity contribution in [3.8, 4) is 11.5 Å². The Labute approximate surface area is 162 Å². The number of aromatic nitrogens is 1. The predicted octanol–water partition coefficient (Wildman–Crippen LogP) is 3.05. The third kappa shape index (κ3) is 5.82. The summed E-state index contributed by atoms with van der Waals surface area (Å²) in [6, 6.07) is 8.18. The third-order valence-corrected chi connectivity index (χ3v) is 4.97. The van der Waals surface area contributed by atoms with E-state index in [1.54, 1.807) is 13.3 Å². The summed E-state index contributed by atoms with van der Waals surface area (Å²) >= 11 is 0. The normalized spacial score (nSPS) is 18.5. The van der Waals surface area contributed by atoms with Gasteiger partial charge in [-0.3, -0.25) is 4.99 Å². The average molecular weight is 370 g/mol. The number of guanidine groups is 1. The Morgan fingerprint density at radius 3 is 2.85 bits per heavy atom. The molecule has 0 aliphatic carbocycles. The van der Waals surface area contributed by atoms with E-state index in [0.29, 0.717) is 12.4 Å². The van der Waals surface area contributed by atoms with Crippen molar-refractivity contribution in [2.75, 3.05) is 33.2 Å². The van der Waals surface area contributed by atoms with Crippen LogP contribution in [0.1, 0.15) is 31.0 Å². The molecule has 1 saturated heterocycles. The van der Waals surface area contributed by atoms with Crippen molar-refractivity contribution in [1.82, 2.24) is 20.5 Å². The smallest absolute Gasteiger partial charge is 0.226 e. The van der Waals surface area contributed by atoms with Crippen LogP contribution in [0.2, 0.25) is 0 Å². The summed E-state index contributed by atoms with van der Waals surface area (Å²) in [5.41, 5.74) is 3.07. The molecule has 0 spiro atoms. The van der Waals surface area contributed by atoms with Gasteiger partial charge in [-0.25, -0.2) is 4.98 Å². The van der Waals surface area contributed by atoms with Crippen LogP contribution in [-0.2, 0) is 6.54 Å². The number of aliphatic imine (C=N–C) groups is 1. The lowest BCUT2D eigenvalue weighted by Crippen LogP contribution is -2.43. The summed E-state index contributed by atoms with van der Waals surface area (Å²) in [4.78, 5) is 11.4. The maximum atomic E-state index is 5.61. The van der Waals surface area contributed by atoms with Crippen molar-refractivity contribution in [1.29, 1.82) is 0 Å². The fraction of sp³-hybridized carbons (Fsp3) is 0.524. The maximum Gasteiger partial charge on any atom is 0.226 e. The first kappa shape index (κ1) is 19.4. The minimum atomic E-state index is 0.579. The molecule has 1 aromatic carbocycles.